The molecule has 1 saturated heterocycles. The Morgan fingerprint density at radius 2 is 1.62 bits per heavy atom. The molecule has 0 aromatic carbocycles. The van der Waals surface area contributed by atoms with Crippen LogP contribution < -0.4 is 0 Å². The molecule has 136 valence electrons. The van der Waals surface area contributed by atoms with Gasteiger partial charge in [-0.3, -0.25) is 9.59 Å². The Morgan fingerprint density at radius 1 is 1.00 bits per heavy atom. The maximum atomic E-state index is 12.3. The second-order valence-electron chi connectivity index (χ2n) is 8.10. The van der Waals surface area contributed by atoms with Crippen molar-refractivity contribution in [1.82, 2.24) is 0 Å². The van der Waals surface area contributed by atoms with Gasteiger partial charge in [0.1, 0.15) is 13.2 Å². The summed E-state index contributed by atoms with van der Waals surface area (Å²) < 4.78 is 16.1. The van der Waals surface area contributed by atoms with Crippen LogP contribution in [-0.4, -0.2) is 48.6 Å². The molecular formula is C18H28O6. The van der Waals surface area contributed by atoms with Crippen LogP contribution in [0.4, 0.5) is 0 Å². The topological polar surface area (TPSA) is 85.4 Å². The number of epoxide rings is 1. The first-order valence-electron chi connectivity index (χ1n) is 9.00. The Morgan fingerprint density at radius 3 is 2.21 bits per heavy atom. The minimum atomic E-state index is -0.630. The monoisotopic (exact) mass is 340 g/mol. The van der Waals surface area contributed by atoms with E-state index in [-0.39, 0.29) is 31.3 Å². The van der Waals surface area contributed by atoms with E-state index in [0.29, 0.717) is 18.9 Å². The number of hydrogen-bond acceptors (Lipinski definition) is 6. The fraction of sp³-hybridized carbons (Fsp3) is 0.889. The lowest BCUT2D eigenvalue weighted by atomic mass is 9.74. The molecule has 5 atom stereocenters. The van der Waals surface area contributed by atoms with Gasteiger partial charge in [-0.15, -0.1) is 0 Å². The molecule has 1 aliphatic heterocycles. The van der Waals surface area contributed by atoms with Crippen LogP contribution in [0.5, 0.6) is 0 Å². The highest BCUT2D eigenvalue weighted by Crippen LogP contribution is 2.46. The van der Waals surface area contributed by atoms with Crippen molar-refractivity contribution in [3.63, 3.8) is 0 Å². The molecule has 2 saturated carbocycles. The number of hydrogen-bond donors (Lipinski definition) is 1. The number of rotatable bonds is 5. The van der Waals surface area contributed by atoms with Gasteiger partial charge in [-0.05, 0) is 58.8 Å². The summed E-state index contributed by atoms with van der Waals surface area (Å²) in [5.41, 5.74) is -1.11. The molecule has 0 radical (unpaired) electrons. The summed E-state index contributed by atoms with van der Waals surface area (Å²) in [6.07, 6.45) is 5.25. The molecule has 24 heavy (non-hydrogen) atoms. The van der Waals surface area contributed by atoms with E-state index in [1.165, 1.54) is 0 Å². The zero-order valence-corrected chi connectivity index (χ0v) is 14.6. The van der Waals surface area contributed by atoms with E-state index in [1.807, 2.05) is 13.8 Å². The van der Waals surface area contributed by atoms with Gasteiger partial charge in [-0.2, -0.15) is 0 Å². The molecule has 6 heteroatoms. The van der Waals surface area contributed by atoms with Gasteiger partial charge in [0.15, 0.2) is 0 Å². The van der Waals surface area contributed by atoms with E-state index in [1.54, 1.807) is 0 Å². The second kappa shape index (κ2) is 6.64. The average Bonchev–Trinajstić information content (AvgIpc) is 3.29. The zero-order valence-electron chi connectivity index (χ0n) is 14.6. The number of carbonyl (C=O) groups is 2. The molecule has 1 N–H and O–H groups in total. The summed E-state index contributed by atoms with van der Waals surface area (Å²) in [5.74, 6) is -0.540. The van der Waals surface area contributed by atoms with Crippen molar-refractivity contribution in [2.75, 3.05) is 13.2 Å². The summed E-state index contributed by atoms with van der Waals surface area (Å²) in [5, 5.41) is 9.75. The van der Waals surface area contributed by atoms with Gasteiger partial charge in [0.25, 0.3) is 0 Å². The first-order valence-corrected chi connectivity index (χ1v) is 9.00. The third kappa shape index (κ3) is 3.75. The first-order chi connectivity index (χ1) is 11.3. The Balaban J connectivity index is 1.38. The van der Waals surface area contributed by atoms with Crippen LogP contribution in [-0.2, 0) is 23.8 Å². The predicted molar refractivity (Wildman–Crippen MR) is 85.1 cm³/mol. The Labute approximate surface area is 142 Å². The normalized spacial score (nSPS) is 41.2. The molecule has 2 aliphatic carbocycles. The Kier molecular flexibility index (Phi) is 4.89. The van der Waals surface area contributed by atoms with Crippen LogP contribution in [0, 0.1) is 10.8 Å². The molecule has 0 bridgehead atoms. The van der Waals surface area contributed by atoms with Crippen molar-refractivity contribution in [2.45, 2.75) is 77.1 Å². The van der Waals surface area contributed by atoms with E-state index >= 15 is 0 Å². The molecule has 6 nitrogen and oxygen atoms in total. The molecule has 3 fully saturated rings. The molecule has 3 rings (SSSR count). The van der Waals surface area contributed by atoms with Crippen molar-refractivity contribution in [2.24, 2.45) is 10.8 Å². The number of ether oxygens (including phenoxy) is 3. The fourth-order valence-corrected chi connectivity index (χ4v) is 4.06. The fourth-order valence-electron chi connectivity index (χ4n) is 4.06. The number of fused-ring (bicyclic) bond motifs is 1. The van der Waals surface area contributed by atoms with Crippen molar-refractivity contribution in [3.05, 3.63) is 0 Å². The highest BCUT2D eigenvalue weighted by molar-refractivity contribution is 5.77. The van der Waals surface area contributed by atoms with Crippen LogP contribution >= 0.6 is 0 Å². The van der Waals surface area contributed by atoms with Gasteiger partial charge < -0.3 is 19.3 Å². The van der Waals surface area contributed by atoms with Gasteiger partial charge >= 0.3 is 11.9 Å². The van der Waals surface area contributed by atoms with Gasteiger partial charge in [0, 0.05) is 0 Å². The van der Waals surface area contributed by atoms with Crippen LogP contribution in [0.3, 0.4) is 0 Å². The molecular weight excluding hydrogens is 312 g/mol. The van der Waals surface area contributed by atoms with Crippen molar-refractivity contribution in [1.29, 1.82) is 0 Å². The van der Waals surface area contributed by atoms with E-state index in [9.17, 15) is 14.7 Å². The van der Waals surface area contributed by atoms with Crippen LogP contribution in [0.25, 0.3) is 0 Å². The Bertz CT molecular complexity index is 482. The number of aliphatic hydroxyl groups is 1. The SMILES string of the molecule is CC1(C(=O)OCCOC(=O)C2(C)CCC3OC3C2)CCCC(O)C1. The quantitative estimate of drug-likeness (QED) is 0.468. The second-order valence-corrected chi connectivity index (χ2v) is 8.10. The predicted octanol–water partition coefficient (Wildman–Crippen LogP) is 1.97. The van der Waals surface area contributed by atoms with E-state index < -0.39 is 16.9 Å². The lowest BCUT2D eigenvalue weighted by Crippen LogP contribution is -2.38. The van der Waals surface area contributed by atoms with Crippen molar-refractivity contribution < 1.29 is 28.9 Å². The third-order valence-corrected chi connectivity index (χ3v) is 5.81. The van der Waals surface area contributed by atoms with E-state index in [2.05, 4.69) is 0 Å². The standard InChI is InChI=1S/C18H28O6/c1-17(6-3-4-12(19)10-17)15(20)22-8-9-23-16(21)18(2)7-5-13-14(11-18)24-13/h12-14,19H,3-11H2,1-2H3. The van der Waals surface area contributed by atoms with Gasteiger partial charge in [-0.1, -0.05) is 0 Å². The smallest absolute Gasteiger partial charge is 0.312 e. The number of esters is 2. The van der Waals surface area contributed by atoms with E-state index in [4.69, 9.17) is 14.2 Å². The molecule has 0 spiro atoms. The zero-order chi connectivity index (χ0) is 17.4. The van der Waals surface area contributed by atoms with Crippen LogP contribution in [0.2, 0.25) is 0 Å². The first kappa shape index (κ1) is 17.7. The van der Waals surface area contributed by atoms with Crippen LogP contribution in [0.15, 0.2) is 0 Å². The summed E-state index contributed by atoms with van der Waals surface area (Å²) in [4.78, 5) is 24.5. The average molecular weight is 340 g/mol. The summed E-state index contributed by atoms with van der Waals surface area (Å²) in [6, 6.07) is 0. The maximum absolute atomic E-state index is 12.3. The van der Waals surface area contributed by atoms with Crippen LogP contribution in [0.1, 0.15) is 58.8 Å². The number of aliphatic hydroxyl groups excluding tert-OH is 1. The van der Waals surface area contributed by atoms with Gasteiger partial charge in [0.05, 0.1) is 29.1 Å². The van der Waals surface area contributed by atoms with Gasteiger partial charge in [-0.25, -0.2) is 0 Å². The molecule has 0 amide bonds. The lowest BCUT2D eigenvalue weighted by molar-refractivity contribution is -0.166. The van der Waals surface area contributed by atoms with Crippen molar-refractivity contribution >= 4 is 11.9 Å². The Hall–Kier alpha value is -1.14. The molecule has 3 aliphatic rings. The lowest BCUT2D eigenvalue weighted by Gasteiger charge is -2.33. The molecule has 5 unspecified atom stereocenters. The molecule has 0 aromatic heterocycles. The highest BCUT2D eigenvalue weighted by Gasteiger charge is 2.52. The summed E-state index contributed by atoms with van der Waals surface area (Å²) >= 11 is 0. The number of carbonyl (C=O) groups excluding carboxylic acids is 2. The largest absolute Gasteiger partial charge is 0.462 e. The van der Waals surface area contributed by atoms with E-state index in [0.717, 1.165) is 32.1 Å². The molecule has 0 aromatic rings. The maximum Gasteiger partial charge on any atom is 0.312 e. The summed E-state index contributed by atoms with van der Waals surface area (Å²) in [7, 11) is 0. The third-order valence-electron chi connectivity index (χ3n) is 5.81. The summed E-state index contributed by atoms with van der Waals surface area (Å²) in [6.45, 7) is 3.89. The molecule has 1 heterocycles. The van der Waals surface area contributed by atoms with Gasteiger partial charge in [0.2, 0.25) is 0 Å². The minimum Gasteiger partial charge on any atom is -0.462 e. The minimum absolute atomic E-state index is 0.0644. The highest BCUT2D eigenvalue weighted by atomic mass is 16.6. The van der Waals surface area contributed by atoms with Crippen molar-refractivity contribution in [3.8, 4) is 0 Å².